The second kappa shape index (κ2) is 9.79. The van der Waals surface area contributed by atoms with Crippen molar-refractivity contribution in [3.8, 4) is 0 Å². The Morgan fingerprint density at radius 3 is 2.75 bits per heavy atom. The topological polar surface area (TPSA) is 127 Å². The standard InChI is InChI=1S/C25H30N8O2S/c1-2-10-36-25-28-23(27-18-12-17(18)15-6-4-3-5-7-15)20-24(29-25)33(31-30-20)19-11-16(21(34)22(19)35)13-32-9-8-26-14-32/h3-9,14,16-19,21-22,34-35H,2,10-13H2,1H3,(H,27,28,29)/t16-,17+,18-,19-,21-,22+/m1/s1. The lowest BCUT2D eigenvalue weighted by molar-refractivity contribution is 0.00213. The molecule has 0 radical (unpaired) electrons. The number of fused-ring (bicyclic) bond motifs is 1. The highest BCUT2D eigenvalue weighted by Gasteiger charge is 2.44. The van der Waals surface area contributed by atoms with Crippen LogP contribution in [0.4, 0.5) is 5.82 Å². The second-order valence-corrected chi connectivity index (χ2v) is 10.8. The van der Waals surface area contributed by atoms with E-state index in [0.717, 1.165) is 18.6 Å². The number of anilines is 1. The lowest BCUT2D eigenvalue weighted by Crippen LogP contribution is -2.31. The number of aromatic nitrogens is 7. The zero-order valence-corrected chi connectivity index (χ0v) is 20.9. The summed E-state index contributed by atoms with van der Waals surface area (Å²) in [5.41, 5.74) is 2.49. The van der Waals surface area contributed by atoms with Crippen molar-refractivity contribution in [1.29, 1.82) is 0 Å². The number of imidazole rings is 1. The van der Waals surface area contributed by atoms with Crippen LogP contribution in [0.15, 0.2) is 54.2 Å². The van der Waals surface area contributed by atoms with E-state index in [1.54, 1.807) is 29.0 Å². The van der Waals surface area contributed by atoms with Gasteiger partial charge in [0, 0.05) is 42.6 Å². The van der Waals surface area contributed by atoms with Gasteiger partial charge in [-0.2, -0.15) is 0 Å². The highest BCUT2D eigenvalue weighted by atomic mass is 32.2. The van der Waals surface area contributed by atoms with E-state index in [4.69, 9.17) is 9.97 Å². The minimum absolute atomic E-state index is 0.134. The Morgan fingerprint density at radius 1 is 1.11 bits per heavy atom. The summed E-state index contributed by atoms with van der Waals surface area (Å²) in [6.07, 6.45) is 6.06. The fourth-order valence-electron chi connectivity index (χ4n) is 5.18. The van der Waals surface area contributed by atoms with Crippen molar-refractivity contribution >= 4 is 28.7 Å². The maximum absolute atomic E-state index is 11.0. The Hall–Kier alpha value is -3.02. The van der Waals surface area contributed by atoms with E-state index in [1.807, 2.05) is 16.8 Å². The number of benzene rings is 1. The molecule has 2 fully saturated rings. The molecule has 6 rings (SSSR count). The van der Waals surface area contributed by atoms with E-state index in [9.17, 15) is 10.2 Å². The summed E-state index contributed by atoms with van der Waals surface area (Å²) in [4.78, 5) is 13.7. The van der Waals surface area contributed by atoms with Crippen LogP contribution in [-0.2, 0) is 6.54 Å². The lowest BCUT2D eigenvalue weighted by atomic mass is 10.1. The molecule has 3 N–H and O–H groups in total. The third-order valence-electron chi connectivity index (χ3n) is 7.17. The van der Waals surface area contributed by atoms with Gasteiger partial charge in [-0.3, -0.25) is 0 Å². The largest absolute Gasteiger partial charge is 0.390 e. The Morgan fingerprint density at radius 2 is 1.97 bits per heavy atom. The number of hydrogen-bond acceptors (Lipinski definition) is 9. The van der Waals surface area contributed by atoms with Gasteiger partial charge >= 0.3 is 0 Å². The van der Waals surface area contributed by atoms with Crippen molar-refractivity contribution < 1.29 is 10.2 Å². The smallest absolute Gasteiger partial charge is 0.191 e. The van der Waals surface area contributed by atoms with Crippen molar-refractivity contribution in [2.75, 3.05) is 11.1 Å². The van der Waals surface area contributed by atoms with Crippen LogP contribution in [0.1, 0.15) is 43.7 Å². The fraction of sp³-hybridized carbons (Fsp3) is 0.480. The summed E-state index contributed by atoms with van der Waals surface area (Å²) < 4.78 is 3.60. The van der Waals surface area contributed by atoms with Crippen molar-refractivity contribution in [2.45, 2.75) is 68.1 Å². The van der Waals surface area contributed by atoms with Gasteiger partial charge in [0.2, 0.25) is 0 Å². The number of nitrogens with one attached hydrogen (secondary N) is 1. The number of hydrogen-bond donors (Lipinski definition) is 3. The van der Waals surface area contributed by atoms with Crippen LogP contribution < -0.4 is 5.32 Å². The maximum Gasteiger partial charge on any atom is 0.191 e. The zero-order chi connectivity index (χ0) is 24.6. The minimum atomic E-state index is -0.965. The predicted molar refractivity (Wildman–Crippen MR) is 137 cm³/mol. The van der Waals surface area contributed by atoms with Crippen LogP contribution >= 0.6 is 11.8 Å². The molecule has 11 heteroatoms. The molecule has 0 amide bonds. The third kappa shape index (κ3) is 4.46. The molecular weight excluding hydrogens is 476 g/mol. The highest BCUT2D eigenvalue weighted by molar-refractivity contribution is 7.99. The normalized spacial score (nSPS) is 27.5. The molecule has 188 valence electrons. The summed E-state index contributed by atoms with van der Waals surface area (Å²) in [6, 6.07) is 10.3. The van der Waals surface area contributed by atoms with Gasteiger partial charge in [0.15, 0.2) is 22.1 Å². The molecule has 6 atom stereocenters. The van der Waals surface area contributed by atoms with Crippen LogP contribution in [0.25, 0.3) is 11.2 Å². The fourth-order valence-corrected chi connectivity index (χ4v) is 5.87. The molecule has 3 aromatic heterocycles. The quantitative estimate of drug-likeness (QED) is 0.232. The lowest BCUT2D eigenvalue weighted by Gasteiger charge is -2.17. The van der Waals surface area contributed by atoms with Crippen molar-refractivity contribution in [1.82, 2.24) is 34.5 Å². The van der Waals surface area contributed by atoms with Crippen molar-refractivity contribution in [2.24, 2.45) is 5.92 Å². The van der Waals surface area contributed by atoms with E-state index in [-0.39, 0.29) is 12.0 Å². The van der Waals surface area contributed by atoms with Gasteiger partial charge in [-0.15, -0.1) is 5.10 Å². The van der Waals surface area contributed by atoms with Gasteiger partial charge in [-0.05, 0) is 24.8 Å². The van der Waals surface area contributed by atoms with Gasteiger partial charge in [0.05, 0.1) is 18.5 Å². The molecule has 3 heterocycles. The highest BCUT2D eigenvalue weighted by Crippen LogP contribution is 2.43. The van der Waals surface area contributed by atoms with E-state index >= 15 is 0 Å². The van der Waals surface area contributed by atoms with E-state index in [0.29, 0.717) is 41.0 Å². The number of rotatable bonds is 9. The summed E-state index contributed by atoms with van der Waals surface area (Å²) in [7, 11) is 0. The minimum Gasteiger partial charge on any atom is -0.390 e. The Balaban J connectivity index is 1.29. The van der Waals surface area contributed by atoms with Crippen LogP contribution in [0.3, 0.4) is 0 Å². The summed E-state index contributed by atoms with van der Waals surface area (Å²) in [5.74, 6) is 1.88. The van der Waals surface area contributed by atoms with Gasteiger partial charge in [0.1, 0.15) is 6.10 Å². The first-order valence-corrected chi connectivity index (χ1v) is 13.5. The molecule has 2 aliphatic rings. The monoisotopic (exact) mass is 506 g/mol. The molecular formula is C25H30N8O2S. The SMILES string of the molecule is CCCSc1nc(N[C@@H]2C[C@H]2c2ccccc2)c2nnn([C@@H]3C[C@H](Cn4ccnc4)[C@@H](O)[C@H]3O)c2n1. The van der Waals surface area contributed by atoms with Crippen molar-refractivity contribution in [3.05, 3.63) is 54.6 Å². The molecule has 0 aliphatic heterocycles. The van der Waals surface area contributed by atoms with Crippen LogP contribution in [-0.4, -0.2) is 68.7 Å². The predicted octanol–water partition coefficient (Wildman–Crippen LogP) is 2.87. The Kier molecular flexibility index (Phi) is 6.36. The Bertz CT molecular complexity index is 1310. The number of nitrogens with zero attached hydrogens (tertiary/aromatic N) is 7. The molecule has 36 heavy (non-hydrogen) atoms. The maximum atomic E-state index is 11.0. The molecule has 0 unspecified atom stereocenters. The molecule has 1 aromatic carbocycles. The molecule has 2 saturated carbocycles. The van der Waals surface area contributed by atoms with Crippen LogP contribution in [0, 0.1) is 5.92 Å². The molecule has 0 spiro atoms. The van der Waals surface area contributed by atoms with Crippen molar-refractivity contribution in [3.63, 3.8) is 0 Å². The molecule has 0 saturated heterocycles. The molecule has 2 aliphatic carbocycles. The molecule has 10 nitrogen and oxygen atoms in total. The van der Waals surface area contributed by atoms with Gasteiger partial charge in [-0.1, -0.05) is 54.2 Å². The van der Waals surface area contributed by atoms with E-state index < -0.39 is 18.2 Å². The van der Waals surface area contributed by atoms with Crippen LogP contribution in [0.5, 0.6) is 0 Å². The number of thioether (sulfide) groups is 1. The molecule has 0 bridgehead atoms. The number of aliphatic hydroxyl groups is 2. The van der Waals surface area contributed by atoms with Gasteiger partial charge < -0.3 is 20.1 Å². The first-order valence-electron chi connectivity index (χ1n) is 12.5. The summed E-state index contributed by atoms with van der Waals surface area (Å²) in [6.45, 7) is 2.70. The summed E-state index contributed by atoms with van der Waals surface area (Å²) >= 11 is 1.60. The third-order valence-corrected chi connectivity index (χ3v) is 8.22. The van der Waals surface area contributed by atoms with Gasteiger partial charge in [-0.25, -0.2) is 19.6 Å². The summed E-state index contributed by atoms with van der Waals surface area (Å²) in [5, 5.41) is 34.8. The Labute approximate surface area is 213 Å². The molecule has 4 aromatic rings. The van der Waals surface area contributed by atoms with Crippen LogP contribution in [0.2, 0.25) is 0 Å². The average molecular weight is 507 g/mol. The van der Waals surface area contributed by atoms with Gasteiger partial charge in [0.25, 0.3) is 0 Å². The van der Waals surface area contributed by atoms with E-state index in [2.05, 4.69) is 51.8 Å². The first kappa shape index (κ1) is 23.4. The van der Waals surface area contributed by atoms with E-state index in [1.165, 1.54) is 5.56 Å². The average Bonchev–Trinajstić information content (AvgIpc) is 3.19. The zero-order valence-electron chi connectivity index (χ0n) is 20.1. The second-order valence-electron chi connectivity index (χ2n) is 9.72. The first-order chi connectivity index (χ1) is 17.6. The number of aliphatic hydroxyl groups excluding tert-OH is 2.